The minimum Gasteiger partial charge on any atom is -0.379 e. The first-order chi connectivity index (χ1) is 11.3. The summed E-state index contributed by atoms with van der Waals surface area (Å²) in [7, 11) is 0. The van der Waals surface area contributed by atoms with Crippen molar-refractivity contribution >= 4 is 5.91 Å². The molecule has 1 aliphatic rings. The Morgan fingerprint density at radius 3 is 2.62 bits per heavy atom. The second-order valence-corrected chi connectivity index (χ2v) is 7.31. The second kappa shape index (κ2) is 8.05. The molecule has 134 valence electrons. The van der Waals surface area contributed by atoms with Gasteiger partial charge in [-0.15, -0.1) is 0 Å². The maximum absolute atomic E-state index is 13.6. The van der Waals surface area contributed by atoms with Crippen LogP contribution in [0.25, 0.3) is 0 Å². The average molecular weight is 337 g/mol. The number of hydrogen-bond acceptors (Lipinski definition) is 4. The molecule has 1 saturated heterocycles. The zero-order valence-corrected chi connectivity index (χ0v) is 14.7. The normalized spacial score (nSPS) is 18.9. The predicted octanol–water partition coefficient (Wildman–Crippen LogP) is 1.69. The number of carbonyl (C=O) groups is 1. The van der Waals surface area contributed by atoms with E-state index in [0.29, 0.717) is 19.8 Å². The fourth-order valence-electron chi connectivity index (χ4n) is 2.76. The summed E-state index contributed by atoms with van der Waals surface area (Å²) in [5.41, 5.74) is 6.56. The summed E-state index contributed by atoms with van der Waals surface area (Å²) in [6, 6.07) is 5.85. The summed E-state index contributed by atoms with van der Waals surface area (Å²) in [5, 5.41) is 2.94. The van der Waals surface area contributed by atoms with Crippen LogP contribution in [0.5, 0.6) is 0 Å². The third-order valence-electron chi connectivity index (χ3n) is 4.41. The quantitative estimate of drug-likeness (QED) is 0.858. The van der Waals surface area contributed by atoms with E-state index in [-0.39, 0.29) is 23.2 Å². The first kappa shape index (κ1) is 18.8. The van der Waals surface area contributed by atoms with E-state index in [1.165, 1.54) is 12.1 Å². The van der Waals surface area contributed by atoms with Crippen LogP contribution < -0.4 is 11.1 Å². The standard InChI is InChI=1S/C18H28FN3O2/c1-18(2,3)16(20)17(23)21-12-15(22-7-9-24-10-8-22)13-5-4-6-14(19)11-13/h4-6,11,15-16H,7-10,12,20H2,1-3H3,(H,21,23)/t15?,16-/m1/s1. The number of ether oxygens (including phenoxy) is 1. The molecular weight excluding hydrogens is 309 g/mol. The van der Waals surface area contributed by atoms with Crippen molar-refractivity contribution in [3.05, 3.63) is 35.6 Å². The Morgan fingerprint density at radius 1 is 1.38 bits per heavy atom. The number of benzene rings is 1. The van der Waals surface area contributed by atoms with E-state index < -0.39 is 6.04 Å². The molecule has 1 fully saturated rings. The van der Waals surface area contributed by atoms with Crippen LogP contribution in [0.2, 0.25) is 0 Å². The molecular formula is C18H28FN3O2. The van der Waals surface area contributed by atoms with Crippen molar-refractivity contribution in [1.29, 1.82) is 0 Å². The Bertz CT molecular complexity index is 553. The van der Waals surface area contributed by atoms with Crippen molar-refractivity contribution in [2.75, 3.05) is 32.8 Å². The first-order valence-electron chi connectivity index (χ1n) is 8.39. The lowest BCUT2D eigenvalue weighted by Gasteiger charge is -2.35. The molecule has 6 heteroatoms. The van der Waals surface area contributed by atoms with E-state index in [0.717, 1.165) is 18.7 Å². The van der Waals surface area contributed by atoms with Gasteiger partial charge in [-0.3, -0.25) is 9.69 Å². The zero-order chi connectivity index (χ0) is 17.7. The molecule has 1 aromatic carbocycles. The number of amides is 1. The van der Waals surface area contributed by atoms with Crippen LogP contribution in [0, 0.1) is 11.2 Å². The Morgan fingerprint density at radius 2 is 2.04 bits per heavy atom. The number of carbonyl (C=O) groups excluding carboxylic acids is 1. The fourth-order valence-corrected chi connectivity index (χ4v) is 2.76. The van der Waals surface area contributed by atoms with Gasteiger partial charge in [0.2, 0.25) is 5.91 Å². The van der Waals surface area contributed by atoms with Crippen LogP contribution in [-0.4, -0.2) is 49.7 Å². The van der Waals surface area contributed by atoms with E-state index in [2.05, 4.69) is 10.2 Å². The third kappa shape index (κ3) is 5.00. The molecule has 1 aromatic rings. The van der Waals surface area contributed by atoms with Crippen LogP contribution in [0.3, 0.4) is 0 Å². The van der Waals surface area contributed by atoms with Crippen molar-refractivity contribution < 1.29 is 13.9 Å². The lowest BCUT2D eigenvalue weighted by Crippen LogP contribution is -2.51. The summed E-state index contributed by atoms with van der Waals surface area (Å²) in [6.07, 6.45) is 0. The summed E-state index contributed by atoms with van der Waals surface area (Å²) >= 11 is 0. The molecule has 2 atom stereocenters. The highest BCUT2D eigenvalue weighted by Crippen LogP contribution is 2.23. The molecule has 1 aliphatic heterocycles. The molecule has 2 rings (SSSR count). The predicted molar refractivity (Wildman–Crippen MR) is 92.0 cm³/mol. The van der Waals surface area contributed by atoms with Crippen LogP contribution in [0.15, 0.2) is 24.3 Å². The number of morpholine rings is 1. The largest absolute Gasteiger partial charge is 0.379 e. The molecule has 0 aliphatic carbocycles. The second-order valence-electron chi connectivity index (χ2n) is 7.31. The Labute approximate surface area is 143 Å². The van der Waals surface area contributed by atoms with Crippen LogP contribution in [0.1, 0.15) is 32.4 Å². The molecule has 0 radical (unpaired) electrons. The van der Waals surface area contributed by atoms with Crippen LogP contribution >= 0.6 is 0 Å². The first-order valence-corrected chi connectivity index (χ1v) is 8.39. The molecule has 0 saturated carbocycles. The molecule has 5 nitrogen and oxygen atoms in total. The summed E-state index contributed by atoms with van der Waals surface area (Å²) in [5.74, 6) is -0.458. The molecule has 0 aromatic heterocycles. The van der Waals surface area contributed by atoms with E-state index in [9.17, 15) is 9.18 Å². The number of nitrogens with two attached hydrogens (primary N) is 1. The smallest absolute Gasteiger partial charge is 0.237 e. The number of rotatable bonds is 5. The molecule has 3 N–H and O–H groups in total. The van der Waals surface area contributed by atoms with Gasteiger partial charge in [-0.05, 0) is 23.1 Å². The van der Waals surface area contributed by atoms with Crippen molar-refractivity contribution in [2.45, 2.75) is 32.9 Å². The van der Waals surface area contributed by atoms with Gasteiger partial charge in [-0.2, -0.15) is 0 Å². The highest BCUT2D eigenvalue weighted by Gasteiger charge is 2.29. The lowest BCUT2D eigenvalue weighted by atomic mass is 9.87. The average Bonchev–Trinajstić information content (AvgIpc) is 2.54. The maximum atomic E-state index is 13.6. The van der Waals surface area contributed by atoms with Gasteiger partial charge in [0.1, 0.15) is 5.82 Å². The number of nitrogens with one attached hydrogen (secondary N) is 1. The van der Waals surface area contributed by atoms with Crippen LogP contribution in [0.4, 0.5) is 4.39 Å². The van der Waals surface area contributed by atoms with E-state index in [1.807, 2.05) is 26.8 Å². The zero-order valence-electron chi connectivity index (χ0n) is 14.7. The minimum absolute atomic E-state index is 0.0966. The van der Waals surface area contributed by atoms with E-state index >= 15 is 0 Å². The Kier molecular flexibility index (Phi) is 6.32. The summed E-state index contributed by atoms with van der Waals surface area (Å²) in [4.78, 5) is 14.5. The molecule has 1 heterocycles. The minimum atomic E-state index is -0.588. The number of hydrogen-bond donors (Lipinski definition) is 2. The Balaban J connectivity index is 2.10. The van der Waals surface area contributed by atoms with Gasteiger partial charge in [0.05, 0.1) is 25.3 Å². The van der Waals surface area contributed by atoms with Gasteiger partial charge in [-0.25, -0.2) is 4.39 Å². The summed E-state index contributed by atoms with van der Waals surface area (Å²) in [6.45, 7) is 8.98. The number of nitrogens with zero attached hydrogens (tertiary/aromatic N) is 1. The highest BCUT2D eigenvalue weighted by atomic mass is 19.1. The van der Waals surface area contributed by atoms with Crippen molar-refractivity contribution in [2.24, 2.45) is 11.1 Å². The number of halogens is 1. The topological polar surface area (TPSA) is 67.6 Å². The molecule has 24 heavy (non-hydrogen) atoms. The molecule has 1 unspecified atom stereocenters. The van der Waals surface area contributed by atoms with Gasteiger partial charge in [0, 0.05) is 19.6 Å². The third-order valence-corrected chi connectivity index (χ3v) is 4.41. The maximum Gasteiger partial charge on any atom is 0.237 e. The van der Waals surface area contributed by atoms with Gasteiger partial charge in [0.25, 0.3) is 0 Å². The Hall–Kier alpha value is -1.50. The SMILES string of the molecule is CC(C)(C)[C@H](N)C(=O)NCC(c1cccc(F)c1)N1CCOCC1. The molecule has 0 bridgehead atoms. The van der Waals surface area contributed by atoms with Gasteiger partial charge in [-0.1, -0.05) is 32.9 Å². The lowest BCUT2D eigenvalue weighted by molar-refractivity contribution is -0.124. The van der Waals surface area contributed by atoms with E-state index in [4.69, 9.17) is 10.5 Å². The van der Waals surface area contributed by atoms with Crippen molar-refractivity contribution in [3.63, 3.8) is 0 Å². The van der Waals surface area contributed by atoms with Gasteiger partial charge >= 0.3 is 0 Å². The fraction of sp³-hybridized carbons (Fsp3) is 0.611. The summed E-state index contributed by atoms with van der Waals surface area (Å²) < 4.78 is 19.0. The molecule has 1 amide bonds. The van der Waals surface area contributed by atoms with E-state index in [1.54, 1.807) is 6.07 Å². The van der Waals surface area contributed by atoms with Gasteiger partial charge in [0.15, 0.2) is 0 Å². The monoisotopic (exact) mass is 337 g/mol. The molecule has 0 spiro atoms. The van der Waals surface area contributed by atoms with Crippen molar-refractivity contribution in [1.82, 2.24) is 10.2 Å². The van der Waals surface area contributed by atoms with Crippen LogP contribution in [-0.2, 0) is 9.53 Å². The van der Waals surface area contributed by atoms with Gasteiger partial charge < -0.3 is 15.8 Å². The van der Waals surface area contributed by atoms with Crippen molar-refractivity contribution in [3.8, 4) is 0 Å². The highest BCUT2D eigenvalue weighted by molar-refractivity contribution is 5.82.